The van der Waals surface area contributed by atoms with Crippen LogP contribution in [0.3, 0.4) is 0 Å². The van der Waals surface area contributed by atoms with Crippen LogP contribution in [-0.4, -0.2) is 23.6 Å². The van der Waals surface area contributed by atoms with E-state index in [9.17, 15) is 4.79 Å². The normalized spacial score (nSPS) is 9.77. The van der Waals surface area contributed by atoms with E-state index in [1.165, 1.54) is 0 Å². The number of nitrogens with two attached hydrogens (primary N) is 1. The number of thiocarbonyl (C=S) groups is 1. The summed E-state index contributed by atoms with van der Waals surface area (Å²) in [5.74, 6) is 0. The minimum Gasteiger partial charge on any atom is -0.393 e. The Labute approximate surface area is 84.3 Å². The van der Waals surface area contributed by atoms with Crippen LogP contribution < -0.4 is 16.4 Å². The first-order valence-corrected chi connectivity index (χ1v) is 4.76. The standard InChI is InChI=1S/C8H17N3OS/c1-6(2)11-8(12)10-5-3-4-7(9)13/h6H,3-5H2,1-2H3,(H2,9,13)(H2,10,11,12). The van der Waals surface area contributed by atoms with Gasteiger partial charge in [-0.15, -0.1) is 0 Å². The Bertz CT molecular complexity index is 182. The van der Waals surface area contributed by atoms with Gasteiger partial charge < -0.3 is 16.4 Å². The summed E-state index contributed by atoms with van der Waals surface area (Å²) in [6.45, 7) is 4.43. The maximum Gasteiger partial charge on any atom is 0.314 e. The van der Waals surface area contributed by atoms with E-state index in [0.29, 0.717) is 18.0 Å². The van der Waals surface area contributed by atoms with Gasteiger partial charge in [-0.1, -0.05) is 12.2 Å². The number of carbonyl (C=O) groups is 1. The molecular weight excluding hydrogens is 186 g/mol. The van der Waals surface area contributed by atoms with Crippen LogP contribution in [0.25, 0.3) is 0 Å². The number of hydrogen-bond donors (Lipinski definition) is 3. The van der Waals surface area contributed by atoms with E-state index in [-0.39, 0.29) is 12.1 Å². The summed E-state index contributed by atoms with van der Waals surface area (Å²) in [5.41, 5.74) is 5.29. The van der Waals surface area contributed by atoms with Gasteiger partial charge in [0.1, 0.15) is 0 Å². The second-order valence-electron chi connectivity index (χ2n) is 3.12. The monoisotopic (exact) mass is 203 g/mol. The molecular formula is C8H17N3OS. The van der Waals surface area contributed by atoms with Gasteiger partial charge in [0.2, 0.25) is 0 Å². The summed E-state index contributed by atoms with van der Waals surface area (Å²) in [5, 5.41) is 5.42. The number of carbonyl (C=O) groups excluding carboxylic acids is 1. The minimum atomic E-state index is -0.141. The molecule has 4 N–H and O–H groups in total. The zero-order valence-corrected chi connectivity index (χ0v) is 8.91. The minimum absolute atomic E-state index is 0.141. The molecule has 0 rings (SSSR count). The summed E-state index contributed by atoms with van der Waals surface area (Å²) in [4.78, 5) is 11.5. The molecule has 13 heavy (non-hydrogen) atoms. The van der Waals surface area contributed by atoms with Crippen molar-refractivity contribution in [3.05, 3.63) is 0 Å². The second kappa shape index (κ2) is 6.65. The van der Waals surface area contributed by atoms with Crippen molar-refractivity contribution < 1.29 is 4.79 Å². The van der Waals surface area contributed by atoms with Crippen molar-refractivity contribution in [2.75, 3.05) is 6.54 Å². The fraction of sp³-hybridized carbons (Fsp3) is 0.750. The van der Waals surface area contributed by atoms with Gasteiger partial charge in [0.25, 0.3) is 0 Å². The fourth-order valence-corrected chi connectivity index (χ4v) is 0.922. The van der Waals surface area contributed by atoms with Crippen LogP contribution >= 0.6 is 12.2 Å². The van der Waals surface area contributed by atoms with Crippen molar-refractivity contribution in [3.63, 3.8) is 0 Å². The Balaban J connectivity index is 3.32. The first kappa shape index (κ1) is 12.2. The van der Waals surface area contributed by atoms with Gasteiger partial charge in [-0.2, -0.15) is 0 Å². The van der Waals surface area contributed by atoms with Crippen molar-refractivity contribution in [1.82, 2.24) is 10.6 Å². The maximum atomic E-state index is 11.0. The number of hydrogen-bond acceptors (Lipinski definition) is 2. The highest BCUT2D eigenvalue weighted by atomic mass is 32.1. The van der Waals surface area contributed by atoms with E-state index in [0.717, 1.165) is 6.42 Å². The molecule has 0 bridgehead atoms. The zero-order chi connectivity index (χ0) is 10.3. The first-order chi connectivity index (χ1) is 6.02. The summed E-state index contributed by atoms with van der Waals surface area (Å²) in [6, 6.07) is 0.0218. The number of rotatable bonds is 5. The number of nitrogens with one attached hydrogen (secondary N) is 2. The predicted octanol–water partition coefficient (Wildman–Crippen LogP) is 0.760. The Hall–Kier alpha value is -0.840. The van der Waals surface area contributed by atoms with Gasteiger partial charge in [-0.3, -0.25) is 0 Å². The molecule has 0 radical (unpaired) electrons. The molecule has 0 atom stereocenters. The van der Waals surface area contributed by atoms with Crippen molar-refractivity contribution >= 4 is 23.2 Å². The highest BCUT2D eigenvalue weighted by Gasteiger charge is 2.00. The highest BCUT2D eigenvalue weighted by molar-refractivity contribution is 7.80. The van der Waals surface area contributed by atoms with E-state index < -0.39 is 0 Å². The lowest BCUT2D eigenvalue weighted by molar-refractivity contribution is 0.238. The van der Waals surface area contributed by atoms with Crippen molar-refractivity contribution in [3.8, 4) is 0 Å². The summed E-state index contributed by atoms with van der Waals surface area (Å²) >= 11 is 4.69. The van der Waals surface area contributed by atoms with Gasteiger partial charge in [-0.05, 0) is 26.7 Å². The van der Waals surface area contributed by atoms with Gasteiger partial charge in [0, 0.05) is 12.6 Å². The van der Waals surface area contributed by atoms with E-state index in [2.05, 4.69) is 10.6 Å². The highest BCUT2D eigenvalue weighted by Crippen LogP contribution is 1.86. The molecule has 5 heteroatoms. The number of amides is 2. The Morgan fingerprint density at radius 2 is 2.15 bits per heavy atom. The molecule has 0 aromatic carbocycles. The van der Waals surface area contributed by atoms with E-state index >= 15 is 0 Å². The lowest BCUT2D eigenvalue weighted by atomic mass is 10.3. The summed E-state index contributed by atoms with van der Waals surface area (Å²) in [7, 11) is 0. The van der Waals surface area contributed by atoms with Crippen LogP contribution in [0.15, 0.2) is 0 Å². The third-order valence-electron chi connectivity index (χ3n) is 1.31. The summed E-state index contributed by atoms with van der Waals surface area (Å²) < 4.78 is 0. The smallest absolute Gasteiger partial charge is 0.314 e. The second-order valence-corrected chi connectivity index (χ2v) is 3.65. The van der Waals surface area contributed by atoms with Crippen molar-refractivity contribution in [2.45, 2.75) is 32.7 Å². The predicted molar refractivity (Wildman–Crippen MR) is 57.7 cm³/mol. The Morgan fingerprint density at radius 3 is 2.62 bits per heavy atom. The van der Waals surface area contributed by atoms with Crippen molar-refractivity contribution in [1.29, 1.82) is 0 Å². The number of urea groups is 1. The van der Waals surface area contributed by atoms with Crippen LogP contribution in [-0.2, 0) is 0 Å². The maximum absolute atomic E-state index is 11.0. The van der Waals surface area contributed by atoms with Crippen LogP contribution in [0.1, 0.15) is 26.7 Å². The van der Waals surface area contributed by atoms with E-state index in [1.54, 1.807) is 0 Å². The van der Waals surface area contributed by atoms with Gasteiger partial charge in [-0.25, -0.2) is 4.79 Å². The molecule has 76 valence electrons. The van der Waals surface area contributed by atoms with Crippen LogP contribution in [0, 0.1) is 0 Å². The molecule has 0 fully saturated rings. The SMILES string of the molecule is CC(C)NC(=O)NCCCC(N)=S. The quantitative estimate of drug-likeness (QED) is 0.456. The topological polar surface area (TPSA) is 67.2 Å². The van der Waals surface area contributed by atoms with Gasteiger partial charge in [0.05, 0.1) is 4.99 Å². The molecule has 0 aromatic rings. The molecule has 0 aliphatic rings. The average Bonchev–Trinajstić information content (AvgIpc) is 1.96. The third kappa shape index (κ3) is 9.07. The van der Waals surface area contributed by atoms with E-state index in [1.807, 2.05) is 13.8 Å². The van der Waals surface area contributed by atoms with E-state index in [4.69, 9.17) is 18.0 Å². The van der Waals surface area contributed by atoms with Crippen LogP contribution in [0.2, 0.25) is 0 Å². The average molecular weight is 203 g/mol. The Kier molecular flexibility index (Phi) is 6.22. The lowest BCUT2D eigenvalue weighted by Gasteiger charge is -2.09. The lowest BCUT2D eigenvalue weighted by Crippen LogP contribution is -2.39. The zero-order valence-electron chi connectivity index (χ0n) is 8.09. The fourth-order valence-electron chi connectivity index (χ4n) is 0.778. The Morgan fingerprint density at radius 1 is 1.54 bits per heavy atom. The molecule has 0 spiro atoms. The largest absolute Gasteiger partial charge is 0.393 e. The van der Waals surface area contributed by atoms with Gasteiger partial charge >= 0.3 is 6.03 Å². The molecule has 2 amide bonds. The molecule has 0 aliphatic carbocycles. The third-order valence-corrected chi connectivity index (χ3v) is 1.51. The molecule has 0 unspecified atom stereocenters. The first-order valence-electron chi connectivity index (χ1n) is 4.35. The van der Waals surface area contributed by atoms with Crippen LogP contribution in [0.4, 0.5) is 4.79 Å². The molecule has 0 aliphatic heterocycles. The molecule has 0 aromatic heterocycles. The summed E-state index contributed by atoms with van der Waals surface area (Å²) in [6.07, 6.45) is 1.47. The van der Waals surface area contributed by atoms with Gasteiger partial charge in [0.15, 0.2) is 0 Å². The molecule has 4 nitrogen and oxygen atoms in total. The molecule has 0 heterocycles. The van der Waals surface area contributed by atoms with Crippen LogP contribution in [0.5, 0.6) is 0 Å². The van der Waals surface area contributed by atoms with Crippen molar-refractivity contribution in [2.24, 2.45) is 5.73 Å². The molecule has 0 saturated carbocycles. The molecule has 0 saturated heterocycles.